The van der Waals surface area contributed by atoms with Crippen molar-refractivity contribution in [1.29, 1.82) is 0 Å². The van der Waals surface area contributed by atoms with Gasteiger partial charge in [0.15, 0.2) is 0 Å². The largest absolute Gasteiger partial charge is 0.461 e. The van der Waals surface area contributed by atoms with Crippen LogP contribution in [0, 0.1) is 17.8 Å². The van der Waals surface area contributed by atoms with Crippen molar-refractivity contribution in [3.63, 3.8) is 0 Å². The van der Waals surface area contributed by atoms with Gasteiger partial charge in [-0.15, -0.1) is 0 Å². The van der Waals surface area contributed by atoms with Crippen LogP contribution in [-0.4, -0.2) is 29.4 Å². The van der Waals surface area contributed by atoms with Crippen LogP contribution in [0.1, 0.15) is 45.4 Å². The van der Waals surface area contributed by atoms with Crippen molar-refractivity contribution in [3.8, 4) is 0 Å². The number of rotatable bonds is 1. The Hall–Kier alpha value is -1.32. The highest BCUT2D eigenvalue weighted by Gasteiger charge is 2.54. The molecule has 108 valence electrons. The molecule has 4 nitrogen and oxygen atoms in total. The number of amides is 1. The van der Waals surface area contributed by atoms with Gasteiger partial charge in [-0.3, -0.25) is 9.59 Å². The molecule has 0 N–H and O–H groups in total. The number of ether oxygens (including phenoxy) is 1. The maximum absolute atomic E-state index is 12.3. The molecule has 0 spiro atoms. The van der Waals surface area contributed by atoms with Gasteiger partial charge in [0, 0.05) is 36.4 Å². The molecule has 4 heteroatoms. The SMILES string of the molecule is CC[C@@H]1C2=C3[C@H](CC(=O)N3CCCC2)[C@H]2CC(=O)O[C@H]21. The molecule has 4 atom stereocenters. The zero-order valence-corrected chi connectivity index (χ0v) is 11.9. The second-order valence-electron chi connectivity index (χ2n) is 6.56. The summed E-state index contributed by atoms with van der Waals surface area (Å²) >= 11 is 0. The number of fused-ring (bicyclic) bond motifs is 2. The lowest BCUT2D eigenvalue weighted by molar-refractivity contribution is -0.143. The van der Waals surface area contributed by atoms with E-state index in [0.717, 1.165) is 32.2 Å². The number of carbonyl (C=O) groups excluding carboxylic acids is 2. The Labute approximate surface area is 119 Å². The third-order valence-electron chi connectivity index (χ3n) is 5.64. The summed E-state index contributed by atoms with van der Waals surface area (Å²) in [5, 5.41) is 0. The zero-order chi connectivity index (χ0) is 13.9. The smallest absolute Gasteiger partial charge is 0.306 e. The van der Waals surface area contributed by atoms with Gasteiger partial charge in [0.25, 0.3) is 0 Å². The molecule has 0 radical (unpaired) electrons. The Morgan fingerprint density at radius 1 is 1.25 bits per heavy atom. The topological polar surface area (TPSA) is 46.6 Å². The summed E-state index contributed by atoms with van der Waals surface area (Å²) < 4.78 is 5.64. The standard InChI is InChI=1S/C16H21NO3/c1-2-9-10-5-3-4-6-17-13(18)7-11(15(10)17)12-8-14(19)20-16(9)12/h9,11-12,16H,2-8H2,1H3/t9-,11-,12-,16+/m1/s1. The predicted octanol–water partition coefficient (Wildman–Crippen LogP) is 2.24. The van der Waals surface area contributed by atoms with E-state index in [1.165, 1.54) is 11.3 Å². The van der Waals surface area contributed by atoms with Gasteiger partial charge in [-0.25, -0.2) is 0 Å². The van der Waals surface area contributed by atoms with Crippen LogP contribution >= 0.6 is 0 Å². The van der Waals surface area contributed by atoms with Gasteiger partial charge in [-0.1, -0.05) is 6.92 Å². The van der Waals surface area contributed by atoms with Crippen LogP contribution < -0.4 is 0 Å². The molecule has 3 aliphatic heterocycles. The minimum Gasteiger partial charge on any atom is -0.461 e. The van der Waals surface area contributed by atoms with Crippen LogP contribution in [0.2, 0.25) is 0 Å². The van der Waals surface area contributed by atoms with Crippen LogP contribution in [0.3, 0.4) is 0 Å². The number of allylic oxidation sites excluding steroid dienone is 1. The highest BCUT2D eigenvalue weighted by atomic mass is 16.6. The van der Waals surface area contributed by atoms with Gasteiger partial charge in [-0.2, -0.15) is 0 Å². The molecule has 4 aliphatic rings. The van der Waals surface area contributed by atoms with Crippen molar-refractivity contribution in [3.05, 3.63) is 11.3 Å². The molecule has 2 saturated heterocycles. The van der Waals surface area contributed by atoms with Gasteiger partial charge in [0.2, 0.25) is 5.91 Å². The number of esters is 1. The van der Waals surface area contributed by atoms with E-state index >= 15 is 0 Å². The molecule has 0 aromatic heterocycles. The quantitative estimate of drug-likeness (QED) is 0.689. The van der Waals surface area contributed by atoms with Gasteiger partial charge in [0.1, 0.15) is 6.10 Å². The normalized spacial score (nSPS) is 39.5. The summed E-state index contributed by atoms with van der Waals surface area (Å²) in [6.45, 7) is 3.05. The van der Waals surface area contributed by atoms with Crippen LogP contribution in [0.5, 0.6) is 0 Å². The van der Waals surface area contributed by atoms with Crippen molar-refractivity contribution < 1.29 is 14.3 Å². The molecule has 1 amide bonds. The molecule has 2 fully saturated rings. The molecule has 0 bridgehead atoms. The zero-order valence-electron chi connectivity index (χ0n) is 11.9. The maximum atomic E-state index is 12.3. The Kier molecular flexibility index (Phi) is 2.69. The van der Waals surface area contributed by atoms with Crippen molar-refractivity contribution in [1.82, 2.24) is 4.90 Å². The monoisotopic (exact) mass is 275 g/mol. The Bertz CT molecular complexity index is 510. The average Bonchev–Trinajstić information content (AvgIpc) is 2.86. The number of carbonyl (C=O) groups is 2. The van der Waals surface area contributed by atoms with Crippen LogP contribution in [0.25, 0.3) is 0 Å². The molecule has 0 aromatic rings. The molecule has 0 aromatic carbocycles. The van der Waals surface area contributed by atoms with Crippen molar-refractivity contribution >= 4 is 11.9 Å². The third-order valence-corrected chi connectivity index (χ3v) is 5.64. The van der Waals surface area contributed by atoms with Crippen molar-refractivity contribution in [2.24, 2.45) is 17.8 Å². The molecule has 0 saturated carbocycles. The Balaban J connectivity index is 1.84. The van der Waals surface area contributed by atoms with Gasteiger partial charge in [0.05, 0.1) is 6.42 Å². The lowest BCUT2D eigenvalue weighted by Crippen LogP contribution is -2.39. The number of hydrogen-bond donors (Lipinski definition) is 0. The van der Waals surface area contributed by atoms with E-state index in [2.05, 4.69) is 6.92 Å². The van der Waals surface area contributed by atoms with E-state index in [1.54, 1.807) is 0 Å². The first-order valence-corrected chi connectivity index (χ1v) is 7.93. The first kappa shape index (κ1) is 12.4. The Morgan fingerprint density at radius 3 is 2.90 bits per heavy atom. The predicted molar refractivity (Wildman–Crippen MR) is 72.5 cm³/mol. The Morgan fingerprint density at radius 2 is 2.10 bits per heavy atom. The fourth-order valence-corrected chi connectivity index (χ4v) is 4.85. The van der Waals surface area contributed by atoms with Crippen molar-refractivity contribution in [2.75, 3.05) is 6.54 Å². The lowest BCUT2D eigenvalue weighted by Gasteiger charge is -2.39. The second kappa shape index (κ2) is 4.34. The summed E-state index contributed by atoms with van der Waals surface area (Å²) in [7, 11) is 0. The van der Waals surface area contributed by atoms with Crippen LogP contribution in [0.15, 0.2) is 11.3 Å². The number of hydrogen-bond acceptors (Lipinski definition) is 3. The summed E-state index contributed by atoms with van der Waals surface area (Å²) in [6, 6.07) is 0. The van der Waals surface area contributed by atoms with E-state index in [0.29, 0.717) is 18.8 Å². The highest BCUT2D eigenvalue weighted by molar-refractivity contribution is 5.83. The minimum absolute atomic E-state index is 0.0297. The summed E-state index contributed by atoms with van der Waals surface area (Å²) in [5.41, 5.74) is 2.72. The van der Waals surface area contributed by atoms with E-state index in [1.807, 2.05) is 4.90 Å². The fraction of sp³-hybridized carbons (Fsp3) is 0.750. The highest BCUT2D eigenvalue weighted by Crippen LogP contribution is 2.53. The van der Waals surface area contributed by atoms with Gasteiger partial charge in [-0.05, 0) is 31.3 Å². The minimum atomic E-state index is -0.0676. The molecule has 20 heavy (non-hydrogen) atoms. The van der Waals surface area contributed by atoms with Crippen molar-refractivity contribution in [2.45, 2.75) is 51.6 Å². The summed E-state index contributed by atoms with van der Waals surface area (Å²) in [5.74, 6) is 1.01. The number of nitrogens with zero attached hydrogens (tertiary/aromatic N) is 1. The molecule has 0 unspecified atom stereocenters. The maximum Gasteiger partial charge on any atom is 0.306 e. The lowest BCUT2D eigenvalue weighted by atomic mass is 9.69. The molecule has 1 aliphatic carbocycles. The average molecular weight is 275 g/mol. The summed E-state index contributed by atoms with van der Waals surface area (Å²) in [6.07, 6.45) is 5.45. The fourth-order valence-electron chi connectivity index (χ4n) is 4.85. The molecular weight excluding hydrogens is 254 g/mol. The van der Waals surface area contributed by atoms with E-state index < -0.39 is 0 Å². The first-order chi connectivity index (χ1) is 9.70. The van der Waals surface area contributed by atoms with Crippen LogP contribution in [-0.2, 0) is 14.3 Å². The van der Waals surface area contributed by atoms with Crippen LogP contribution in [0.4, 0.5) is 0 Å². The van der Waals surface area contributed by atoms with E-state index in [-0.39, 0.29) is 29.8 Å². The summed E-state index contributed by atoms with van der Waals surface area (Å²) in [4.78, 5) is 26.1. The van der Waals surface area contributed by atoms with Gasteiger partial charge >= 0.3 is 5.97 Å². The molecular formula is C16H21NO3. The molecule has 3 heterocycles. The second-order valence-corrected chi connectivity index (χ2v) is 6.56. The molecule has 4 rings (SSSR count). The van der Waals surface area contributed by atoms with E-state index in [4.69, 9.17) is 4.74 Å². The van der Waals surface area contributed by atoms with E-state index in [9.17, 15) is 9.59 Å². The first-order valence-electron chi connectivity index (χ1n) is 7.93. The van der Waals surface area contributed by atoms with Gasteiger partial charge < -0.3 is 9.64 Å². The third kappa shape index (κ3) is 1.54.